The van der Waals surface area contributed by atoms with Crippen molar-refractivity contribution >= 4 is 58.0 Å². The maximum Gasteiger partial charge on any atom is 0.274 e. The molecule has 3 aliphatic rings. The van der Waals surface area contributed by atoms with Crippen molar-refractivity contribution in [2.75, 3.05) is 6.54 Å². The van der Waals surface area contributed by atoms with Crippen LogP contribution < -0.4 is 0 Å². The fourth-order valence-electron chi connectivity index (χ4n) is 4.81. The van der Waals surface area contributed by atoms with E-state index in [1.165, 1.54) is 29.5 Å². The summed E-state index contributed by atoms with van der Waals surface area (Å²) < 4.78 is 0. The van der Waals surface area contributed by atoms with Gasteiger partial charge in [-0.25, -0.2) is 5.01 Å². The van der Waals surface area contributed by atoms with Crippen molar-refractivity contribution < 1.29 is 19.2 Å². The van der Waals surface area contributed by atoms with E-state index in [-0.39, 0.29) is 28.2 Å². The Bertz CT molecular complexity index is 1120. The third-order valence-corrected chi connectivity index (χ3v) is 7.63. The first-order chi connectivity index (χ1) is 14.9. The van der Waals surface area contributed by atoms with Crippen molar-refractivity contribution in [3.8, 4) is 0 Å². The van der Waals surface area contributed by atoms with Gasteiger partial charge in [-0.2, -0.15) is 5.01 Å². The lowest BCUT2D eigenvalue weighted by atomic mass is 9.85. The number of allylic oxidation sites excluding steroid dienone is 2. The van der Waals surface area contributed by atoms with Crippen LogP contribution in [0.4, 0.5) is 0 Å². The van der Waals surface area contributed by atoms with Crippen molar-refractivity contribution in [1.82, 2.24) is 10.0 Å². The number of Topliss-reactive ketones (excluding diaryl/α,β-unsaturated/α-hetero) is 1. The topological polar surface area (TPSA) is 74.8 Å². The van der Waals surface area contributed by atoms with Gasteiger partial charge in [0, 0.05) is 5.02 Å². The van der Waals surface area contributed by atoms with E-state index in [1.54, 1.807) is 17.5 Å². The number of amides is 3. The van der Waals surface area contributed by atoms with Gasteiger partial charge < -0.3 is 0 Å². The molecule has 2 aliphatic carbocycles. The van der Waals surface area contributed by atoms with Gasteiger partial charge >= 0.3 is 0 Å². The third kappa shape index (κ3) is 3.23. The maximum atomic E-state index is 13.4. The molecule has 0 unspecified atom stereocenters. The van der Waals surface area contributed by atoms with E-state index in [9.17, 15) is 19.2 Å². The van der Waals surface area contributed by atoms with E-state index in [4.69, 9.17) is 23.2 Å². The lowest BCUT2D eigenvalue weighted by Gasteiger charge is -2.31. The largest absolute Gasteiger partial charge is 0.291 e. The maximum absolute atomic E-state index is 13.4. The summed E-state index contributed by atoms with van der Waals surface area (Å²) in [6, 6.07) is 7.68. The number of fused-ring (bicyclic) bond motifs is 5. The predicted octanol–water partition coefficient (Wildman–Crippen LogP) is 4.10. The van der Waals surface area contributed by atoms with Crippen LogP contribution in [0.1, 0.15) is 26.5 Å². The van der Waals surface area contributed by atoms with Gasteiger partial charge in [0.25, 0.3) is 17.7 Å². The summed E-state index contributed by atoms with van der Waals surface area (Å²) in [7, 11) is 0. The quantitative estimate of drug-likeness (QED) is 0.371. The van der Waals surface area contributed by atoms with Crippen LogP contribution in [0.2, 0.25) is 10.0 Å². The summed E-state index contributed by atoms with van der Waals surface area (Å²) in [6.45, 7) is -0.446. The molecular formula is C22H16Cl2N2O4S. The average molecular weight is 475 g/mol. The van der Waals surface area contributed by atoms with Gasteiger partial charge in [0.2, 0.25) is 0 Å². The first-order valence-electron chi connectivity index (χ1n) is 9.76. The van der Waals surface area contributed by atoms with Gasteiger partial charge in [-0.1, -0.05) is 41.4 Å². The molecule has 0 radical (unpaired) electrons. The number of imide groups is 1. The molecule has 3 amide bonds. The molecule has 1 saturated heterocycles. The molecule has 2 bridgehead atoms. The van der Waals surface area contributed by atoms with Crippen molar-refractivity contribution in [2.24, 2.45) is 23.7 Å². The Labute approximate surface area is 192 Å². The van der Waals surface area contributed by atoms with Crippen molar-refractivity contribution in [3.63, 3.8) is 0 Å². The van der Waals surface area contributed by atoms with Gasteiger partial charge in [0.15, 0.2) is 5.78 Å². The molecule has 1 aromatic heterocycles. The molecule has 6 nitrogen and oxygen atoms in total. The lowest BCUT2D eigenvalue weighted by Crippen LogP contribution is -2.52. The van der Waals surface area contributed by atoms with E-state index in [0.717, 1.165) is 16.4 Å². The number of rotatable bonds is 5. The van der Waals surface area contributed by atoms with Crippen LogP contribution >= 0.6 is 34.5 Å². The highest BCUT2D eigenvalue weighted by molar-refractivity contribution is 7.12. The van der Waals surface area contributed by atoms with Crippen LogP contribution in [-0.4, -0.2) is 40.1 Å². The zero-order valence-corrected chi connectivity index (χ0v) is 18.4. The molecule has 9 heteroatoms. The number of carbonyl (C=O) groups excluding carboxylic acids is 4. The van der Waals surface area contributed by atoms with E-state index in [0.29, 0.717) is 9.90 Å². The van der Waals surface area contributed by atoms with Crippen LogP contribution in [0.5, 0.6) is 0 Å². The van der Waals surface area contributed by atoms with Crippen LogP contribution in [-0.2, 0) is 9.59 Å². The summed E-state index contributed by atoms with van der Waals surface area (Å²) in [6.07, 6.45) is 4.71. The number of ketones is 1. The molecule has 2 heterocycles. The minimum absolute atomic E-state index is 0.0134. The van der Waals surface area contributed by atoms with Gasteiger partial charge in [0.05, 0.1) is 27.3 Å². The first kappa shape index (κ1) is 20.4. The number of hydrazine groups is 1. The predicted molar refractivity (Wildman–Crippen MR) is 116 cm³/mol. The van der Waals surface area contributed by atoms with E-state index in [1.807, 2.05) is 12.2 Å². The number of carbonyl (C=O) groups is 4. The van der Waals surface area contributed by atoms with Crippen molar-refractivity contribution in [2.45, 2.75) is 6.42 Å². The number of thiophene rings is 1. The minimum Gasteiger partial charge on any atom is -0.291 e. The zero-order valence-electron chi connectivity index (χ0n) is 16.0. The Morgan fingerprint density at radius 3 is 2.32 bits per heavy atom. The summed E-state index contributed by atoms with van der Waals surface area (Å²) in [5.41, 5.74) is 0.0591. The average Bonchev–Trinajstić information content (AvgIpc) is 3.51. The number of nitrogens with zero attached hydrogens (tertiary/aromatic N) is 2. The Morgan fingerprint density at radius 1 is 1.06 bits per heavy atom. The molecule has 1 saturated carbocycles. The first-order valence-corrected chi connectivity index (χ1v) is 11.4. The SMILES string of the molecule is O=C(CN(C(=O)c1ccc(Cl)cc1Cl)N1C(=O)[C@H]2[C@H](C1=O)[C@H]1C=C[C@H]2C1)c1cccs1. The number of benzene rings is 1. The monoisotopic (exact) mass is 474 g/mol. The zero-order chi connectivity index (χ0) is 21.9. The normalized spacial score (nSPS) is 25.9. The molecule has 2 aromatic rings. The molecule has 5 rings (SSSR count). The molecule has 31 heavy (non-hydrogen) atoms. The second kappa shape index (κ2) is 7.58. The van der Waals surface area contributed by atoms with E-state index >= 15 is 0 Å². The summed E-state index contributed by atoms with van der Waals surface area (Å²) in [5.74, 6) is -2.96. The highest BCUT2D eigenvalue weighted by Crippen LogP contribution is 2.52. The highest BCUT2D eigenvalue weighted by atomic mass is 35.5. The van der Waals surface area contributed by atoms with Crippen LogP contribution in [0, 0.1) is 23.7 Å². The second-order valence-corrected chi connectivity index (χ2v) is 9.67. The third-order valence-electron chi connectivity index (χ3n) is 6.17. The lowest BCUT2D eigenvalue weighted by molar-refractivity contribution is -0.154. The number of hydrogen-bond acceptors (Lipinski definition) is 5. The van der Waals surface area contributed by atoms with Gasteiger partial charge in [0.1, 0.15) is 6.54 Å². The van der Waals surface area contributed by atoms with E-state index in [2.05, 4.69) is 0 Å². The summed E-state index contributed by atoms with van der Waals surface area (Å²) in [5, 5.41) is 3.98. The summed E-state index contributed by atoms with van der Waals surface area (Å²) >= 11 is 13.4. The van der Waals surface area contributed by atoms with Crippen LogP contribution in [0.25, 0.3) is 0 Å². The molecule has 4 atom stereocenters. The van der Waals surface area contributed by atoms with Gasteiger partial charge in [-0.15, -0.1) is 11.3 Å². The molecule has 2 fully saturated rings. The Hall–Kier alpha value is -2.48. The molecule has 0 spiro atoms. The fraction of sp³-hybridized carbons (Fsp3) is 0.273. The molecule has 1 aromatic carbocycles. The van der Waals surface area contributed by atoms with Gasteiger partial charge in [-0.05, 0) is 47.9 Å². The Kier molecular flexibility index (Phi) is 5.00. The highest BCUT2D eigenvalue weighted by Gasteiger charge is 2.61. The van der Waals surface area contributed by atoms with Crippen LogP contribution in [0.3, 0.4) is 0 Å². The second-order valence-electron chi connectivity index (χ2n) is 7.88. The van der Waals surface area contributed by atoms with E-state index < -0.39 is 36.1 Å². The molecular weight excluding hydrogens is 459 g/mol. The summed E-state index contributed by atoms with van der Waals surface area (Å²) in [4.78, 5) is 53.3. The minimum atomic E-state index is -0.700. The smallest absolute Gasteiger partial charge is 0.274 e. The molecule has 1 aliphatic heterocycles. The Balaban J connectivity index is 1.52. The Morgan fingerprint density at radius 2 is 1.74 bits per heavy atom. The van der Waals surface area contributed by atoms with Gasteiger partial charge in [-0.3, -0.25) is 19.2 Å². The van der Waals surface area contributed by atoms with Crippen LogP contribution in [0.15, 0.2) is 47.9 Å². The number of hydrogen-bond donors (Lipinski definition) is 0. The number of halogens is 2. The fourth-order valence-corrected chi connectivity index (χ4v) is 5.96. The molecule has 158 valence electrons. The molecule has 0 N–H and O–H groups in total. The van der Waals surface area contributed by atoms with Crippen molar-refractivity contribution in [3.05, 3.63) is 68.3 Å². The van der Waals surface area contributed by atoms with Crippen molar-refractivity contribution in [1.29, 1.82) is 0 Å². The standard InChI is InChI=1S/C22H16Cl2N2O4S/c23-13-5-6-14(15(24)9-13)20(28)25(10-16(27)17-2-1-7-31-17)26-21(29)18-11-3-4-12(8-11)19(18)22(26)30/h1-7,9,11-12,18-19H,8,10H2/t11-,12-,18+,19+/m0/s1.